The Hall–Kier alpha value is -1.44. The highest BCUT2D eigenvalue weighted by molar-refractivity contribution is 5.79. The molecular formula is C14H23F2NO5. The molecule has 8 heteroatoms. The van der Waals surface area contributed by atoms with Crippen LogP contribution < -0.4 is 0 Å². The monoisotopic (exact) mass is 323 g/mol. The summed E-state index contributed by atoms with van der Waals surface area (Å²) < 4.78 is 37.9. The van der Waals surface area contributed by atoms with E-state index in [1.807, 2.05) is 0 Å². The van der Waals surface area contributed by atoms with Crippen LogP contribution in [0.25, 0.3) is 0 Å². The number of alkyl halides is 2. The normalized spacial score (nSPS) is 28.2. The fraction of sp³-hybridized carbons (Fsp3) is 0.857. The van der Waals surface area contributed by atoms with Crippen LogP contribution in [0, 0.1) is 5.41 Å². The van der Waals surface area contributed by atoms with Crippen molar-refractivity contribution in [1.29, 1.82) is 0 Å². The fourth-order valence-corrected chi connectivity index (χ4v) is 2.27. The van der Waals surface area contributed by atoms with Crippen LogP contribution in [0.5, 0.6) is 0 Å². The molecule has 1 aliphatic heterocycles. The summed E-state index contributed by atoms with van der Waals surface area (Å²) in [5.41, 5.74) is -2.78. The van der Waals surface area contributed by atoms with Gasteiger partial charge in [-0.2, -0.15) is 0 Å². The van der Waals surface area contributed by atoms with E-state index in [1.165, 1.54) is 6.92 Å². The largest absolute Gasteiger partial charge is 0.465 e. The third kappa shape index (κ3) is 3.85. The Bertz CT molecular complexity index is 449. The summed E-state index contributed by atoms with van der Waals surface area (Å²) in [6.07, 6.45) is -3.20. The molecule has 0 saturated carbocycles. The lowest BCUT2D eigenvalue weighted by atomic mass is 9.77. The van der Waals surface area contributed by atoms with Gasteiger partial charge in [0.15, 0.2) is 0 Å². The minimum atomic E-state index is -3.64. The van der Waals surface area contributed by atoms with Crippen molar-refractivity contribution in [3.63, 3.8) is 0 Å². The van der Waals surface area contributed by atoms with E-state index in [1.54, 1.807) is 20.8 Å². The van der Waals surface area contributed by atoms with Gasteiger partial charge in [0.1, 0.15) is 17.1 Å². The number of rotatable bonds is 2. The third-order valence-corrected chi connectivity index (χ3v) is 3.32. The number of esters is 1. The number of ether oxygens (including phenoxy) is 2. The van der Waals surface area contributed by atoms with Gasteiger partial charge in [0.05, 0.1) is 13.2 Å². The Morgan fingerprint density at radius 3 is 2.32 bits per heavy atom. The number of aliphatic hydroxyl groups is 1. The number of amides is 1. The maximum atomic E-state index is 14.0. The maximum Gasteiger partial charge on any atom is 0.410 e. The second kappa shape index (κ2) is 5.98. The van der Waals surface area contributed by atoms with Crippen LogP contribution in [-0.2, 0) is 14.3 Å². The van der Waals surface area contributed by atoms with Crippen molar-refractivity contribution in [2.24, 2.45) is 5.41 Å². The molecule has 1 aliphatic rings. The second-order valence-corrected chi connectivity index (χ2v) is 6.64. The zero-order valence-corrected chi connectivity index (χ0v) is 13.5. The first-order chi connectivity index (χ1) is 9.83. The van der Waals surface area contributed by atoms with Gasteiger partial charge in [0.2, 0.25) is 0 Å². The zero-order chi connectivity index (χ0) is 17.3. The highest BCUT2D eigenvalue weighted by atomic mass is 19.3. The topological polar surface area (TPSA) is 76.1 Å². The Morgan fingerprint density at radius 2 is 1.86 bits per heavy atom. The quantitative estimate of drug-likeness (QED) is 0.784. The molecule has 1 fully saturated rings. The predicted octanol–water partition coefficient (Wildman–Crippen LogP) is 1.80. The molecule has 22 heavy (non-hydrogen) atoms. The molecule has 1 heterocycles. The molecule has 0 aromatic rings. The van der Waals surface area contributed by atoms with Gasteiger partial charge in [-0.1, -0.05) is 0 Å². The van der Waals surface area contributed by atoms with E-state index in [2.05, 4.69) is 0 Å². The highest BCUT2D eigenvalue weighted by Gasteiger charge is 2.60. The molecule has 1 N–H and O–H groups in total. The van der Waals surface area contributed by atoms with Crippen LogP contribution in [-0.4, -0.2) is 59.4 Å². The smallest absolute Gasteiger partial charge is 0.410 e. The number of aliphatic hydroxyl groups excluding tert-OH is 1. The van der Waals surface area contributed by atoms with Crippen LogP contribution in [0.1, 0.15) is 34.6 Å². The molecule has 0 aliphatic carbocycles. The molecule has 1 saturated heterocycles. The molecule has 0 bridgehead atoms. The number of carbonyl (C=O) groups is 2. The molecule has 6 nitrogen and oxygen atoms in total. The van der Waals surface area contributed by atoms with Gasteiger partial charge in [-0.3, -0.25) is 4.79 Å². The van der Waals surface area contributed by atoms with E-state index in [-0.39, 0.29) is 6.61 Å². The van der Waals surface area contributed by atoms with Gasteiger partial charge in [0, 0.05) is 6.54 Å². The summed E-state index contributed by atoms with van der Waals surface area (Å²) in [7, 11) is 0. The van der Waals surface area contributed by atoms with Crippen molar-refractivity contribution >= 4 is 12.1 Å². The van der Waals surface area contributed by atoms with Crippen molar-refractivity contribution in [3.8, 4) is 0 Å². The van der Waals surface area contributed by atoms with Gasteiger partial charge >= 0.3 is 12.1 Å². The first-order valence-corrected chi connectivity index (χ1v) is 7.04. The lowest BCUT2D eigenvalue weighted by molar-refractivity contribution is -0.214. The molecule has 0 aromatic heterocycles. The van der Waals surface area contributed by atoms with Crippen LogP contribution in [0.3, 0.4) is 0 Å². The molecule has 0 aromatic carbocycles. The first kappa shape index (κ1) is 18.6. The number of carbonyl (C=O) groups excluding carboxylic acids is 2. The molecule has 0 spiro atoms. The predicted molar refractivity (Wildman–Crippen MR) is 73.5 cm³/mol. The lowest BCUT2D eigenvalue weighted by Crippen LogP contribution is -2.65. The molecule has 1 amide bonds. The average molecular weight is 323 g/mol. The molecule has 0 radical (unpaired) electrons. The van der Waals surface area contributed by atoms with Gasteiger partial charge in [-0.15, -0.1) is 0 Å². The molecule has 128 valence electrons. The lowest BCUT2D eigenvalue weighted by Gasteiger charge is -2.45. The molecule has 2 unspecified atom stereocenters. The minimum absolute atomic E-state index is 0.0147. The fourth-order valence-electron chi connectivity index (χ4n) is 2.27. The Morgan fingerprint density at radius 1 is 1.32 bits per heavy atom. The third-order valence-electron chi connectivity index (χ3n) is 3.32. The standard InChI is InChI=1S/C14H23F2NO5/c1-6-21-10(19)13(5)7-17(8-14(15,16)9(13)18)11(20)22-12(2,3)4/h9,18H,6-8H2,1-5H3. The van der Waals surface area contributed by atoms with Gasteiger partial charge in [0.25, 0.3) is 5.92 Å². The molecule has 2 atom stereocenters. The van der Waals surface area contributed by atoms with Crippen LogP contribution >= 0.6 is 0 Å². The zero-order valence-electron chi connectivity index (χ0n) is 13.5. The van der Waals surface area contributed by atoms with E-state index in [0.717, 1.165) is 11.8 Å². The Kier molecular flexibility index (Phi) is 5.06. The summed E-state index contributed by atoms with van der Waals surface area (Å²) in [5.74, 6) is -4.62. The van der Waals surface area contributed by atoms with E-state index in [0.29, 0.717) is 0 Å². The van der Waals surface area contributed by atoms with Crippen LogP contribution in [0.4, 0.5) is 13.6 Å². The Labute approximate surface area is 128 Å². The number of hydrogen-bond acceptors (Lipinski definition) is 5. The molecule has 1 rings (SSSR count). The Balaban J connectivity index is 3.05. The van der Waals surface area contributed by atoms with Gasteiger partial charge in [-0.05, 0) is 34.6 Å². The number of likely N-dealkylation sites (tertiary alicyclic amines) is 1. The first-order valence-electron chi connectivity index (χ1n) is 7.04. The summed E-state index contributed by atoms with van der Waals surface area (Å²) in [6, 6.07) is 0. The summed E-state index contributed by atoms with van der Waals surface area (Å²) >= 11 is 0. The highest BCUT2D eigenvalue weighted by Crippen LogP contribution is 2.40. The summed E-state index contributed by atoms with van der Waals surface area (Å²) in [4.78, 5) is 24.7. The second-order valence-electron chi connectivity index (χ2n) is 6.64. The van der Waals surface area contributed by atoms with E-state index >= 15 is 0 Å². The average Bonchev–Trinajstić information content (AvgIpc) is 2.33. The van der Waals surface area contributed by atoms with Crippen molar-refractivity contribution in [2.75, 3.05) is 19.7 Å². The van der Waals surface area contributed by atoms with Crippen LogP contribution in [0.15, 0.2) is 0 Å². The summed E-state index contributed by atoms with van der Waals surface area (Å²) in [5, 5.41) is 9.86. The van der Waals surface area contributed by atoms with E-state index < -0.39 is 48.2 Å². The van der Waals surface area contributed by atoms with Crippen molar-refractivity contribution in [2.45, 2.75) is 52.2 Å². The van der Waals surface area contributed by atoms with Crippen molar-refractivity contribution in [1.82, 2.24) is 4.90 Å². The number of nitrogens with zero attached hydrogens (tertiary/aromatic N) is 1. The van der Waals surface area contributed by atoms with E-state index in [9.17, 15) is 23.5 Å². The minimum Gasteiger partial charge on any atom is -0.465 e. The van der Waals surface area contributed by atoms with Crippen molar-refractivity contribution < 1.29 is 33.0 Å². The number of hydrogen-bond donors (Lipinski definition) is 1. The molecular weight excluding hydrogens is 300 g/mol. The SMILES string of the molecule is CCOC(=O)C1(C)CN(C(=O)OC(C)(C)C)CC(F)(F)C1O. The van der Waals surface area contributed by atoms with Crippen molar-refractivity contribution in [3.05, 3.63) is 0 Å². The number of piperidine rings is 1. The summed E-state index contributed by atoms with van der Waals surface area (Å²) in [6.45, 7) is 6.06. The van der Waals surface area contributed by atoms with E-state index in [4.69, 9.17) is 9.47 Å². The maximum absolute atomic E-state index is 14.0. The number of halogens is 2. The van der Waals surface area contributed by atoms with Crippen LogP contribution in [0.2, 0.25) is 0 Å². The van der Waals surface area contributed by atoms with Gasteiger partial charge in [-0.25, -0.2) is 13.6 Å². The van der Waals surface area contributed by atoms with Gasteiger partial charge < -0.3 is 19.5 Å².